The van der Waals surface area contributed by atoms with Gasteiger partial charge >= 0.3 is 0 Å². The Morgan fingerprint density at radius 3 is 2.45 bits per heavy atom. The molecule has 0 spiro atoms. The minimum absolute atomic E-state index is 0.172. The van der Waals surface area contributed by atoms with Gasteiger partial charge in [-0.3, -0.25) is 9.59 Å². The smallest absolute Gasteiger partial charge is 0.271 e. The summed E-state index contributed by atoms with van der Waals surface area (Å²) in [7, 11) is 3.06. The van der Waals surface area contributed by atoms with Gasteiger partial charge in [0.05, 0.1) is 20.8 Å². The Labute approximate surface area is 168 Å². The Kier molecular flexibility index (Phi) is 6.11. The lowest BCUT2D eigenvalue weighted by Gasteiger charge is -2.23. The summed E-state index contributed by atoms with van der Waals surface area (Å²) in [6.45, 7) is 2.01. The third kappa shape index (κ3) is 4.71. The van der Waals surface area contributed by atoms with Crippen molar-refractivity contribution in [1.82, 2.24) is 5.01 Å². The highest BCUT2D eigenvalue weighted by molar-refractivity contribution is 6.43. The molecule has 0 saturated carbocycles. The van der Waals surface area contributed by atoms with Gasteiger partial charge in [0.25, 0.3) is 5.91 Å². The van der Waals surface area contributed by atoms with Crippen LogP contribution in [-0.4, -0.2) is 36.8 Å². The maximum Gasteiger partial charge on any atom is 0.271 e. The van der Waals surface area contributed by atoms with Crippen LogP contribution in [0.5, 0.6) is 11.5 Å². The van der Waals surface area contributed by atoms with Crippen molar-refractivity contribution in [3.8, 4) is 11.5 Å². The van der Waals surface area contributed by atoms with Gasteiger partial charge in [-0.05, 0) is 36.2 Å². The van der Waals surface area contributed by atoms with E-state index in [9.17, 15) is 14.0 Å². The number of amides is 2. The minimum atomic E-state index is -0.392. The SMILES string of the molecule is COc1cc(C)c(NC(=O)C2=NN(Cc3ccc(F)cc3)C(=O)CC2)cc1OC. The number of methoxy groups -OCH3 is 2. The van der Waals surface area contributed by atoms with E-state index in [1.54, 1.807) is 31.4 Å². The van der Waals surface area contributed by atoms with E-state index in [0.29, 0.717) is 17.2 Å². The van der Waals surface area contributed by atoms with Gasteiger partial charge in [-0.1, -0.05) is 12.1 Å². The van der Waals surface area contributed by atoms with Crippen LogP contribution < -0.4 is 14.8 Å². The predicted molar refractivity (Wildman–Crippen MR) is 107 cm³/mol. The van der Waals surface area contributed by atoms with Crippen molar-refractivity contribution in [2.24, 2.45) is 5.10 Å². The first-order chi connectivity index (χ1) is 13.9. The van der Waals surface area contributed by atoms with E-state index in [1.807, 2.05) is 6.92 Å². The molecule has 0 aromatic heterocycles. The maximum absolute atomic E-state index is 13.1. The molecule has 0 saturated heterocycles. The van der Waals surface area contributed by atoms with Gasteiger partial charge in [0.2, 0.25) is 5.91 Å². The number of nitrogens with one attached hydrogen (secondary N) is 1. The number of anilines is 1. The van der Waals surface area contributed by atoms with Crippen LogP contribution in [0.1, 0.15) is 24.0 Å². The molecule has 8 heteroatoms. The normalized spacial score (nSPS) is 13.7. The molecule has 7 nitrogen and oxygen atoms in total. The van der Waals surface area contributed by atoms with E-state index in [0.717, 1.165) is 11.1 Å². The van der Waals surface area contributed by atoms with Crippen molar-refractivity contribution in [3.05, 3.63) is 53.3 Å². The topological polar surface area (TPSA) is 80.2 Å². The Hall–Kier alpha value is -3.42. The molecule has 0 radical (unpaired) electrons. The zero-order chi connectivity index (χ0) is 21.0. The average molecular weight is 399 g/mol. The number of carbonyl (C=O) groups is 2. The maximum atomic E-state index is 13.1. The first-order valence-electron chi connectivity index (χ1n) is 9.07. The second kappa shape index (κ2) is 8.72. The summed E-state index contributed by atoms with van der Waals surface area (Å²) >= 11 is 0. The van der Waals surface area contributed by atoms with Gasteiger partial charge in [-0.15, -0.1) is 0 Å². The van der Waals surface area contributed by atoms with Crippen LogP contribution in [0.15, 0.2) is 41.5 Å². The summed E-state index contributed by atoms with van der Waals surface area (Å²) in [6.07, 6.45) is 0.426. The van der Waals surface area contributed by atoms with Crippen LogP contribution >= 0.6 is 0 Å². The number of hydrogen-bond donors (Lipinski definition) is 1. The van der Waals surface area contributed by atoms with Gasteiger partial charge in [-0.25, -0.2) is 9.40 Å². The molecule has 1 aliphatic heterocycles. The van der Waals surface area contributed by atoms with E-state index in [-0.39, 0.29) is 36.8 Å². The number of benzene rings is 2. The summed E-state index contributed by atoms with van der Waals surface area (Å²) in [6, 6.07) is 9.25. The van der Waals surface area contributed by atoms with E-state index in [2.05, 4.69) is 10.4 Å². The van der Waals surface area contributed by atoms with Crippen LogP contribution in [-0.2, 0) is 16.1 Å². The molecule has 1 N–H and O–H groups in total. The largest absolute Gasteiger partial charge is 0.493 e. The molecular formula is C21H22FN3O4. The number of hydrazone groups is 1. The zero-order valence-corrected chi connectivity index (χ0v) is 16.5. The van der Waals surface area contributed by atoms with Crippen molar-refractivity contribution in [1.29, 1.82) is 0 Å². The highest BCUT2D eigenvalue weighted by Crippen LogP contribution is 2.33. The molecule has 3 rings (SSSR count). The minimum Gasteiger partial charge on any atom is -0.493 e. The summed E-state index contributed by atoms with van der Waals surface area (Å²) < 4.78 is 23.6. The van der Waals surface area contributed by atoms with Crippen molar-refractivity contribution >= 4 is 23.2 Å². The average Bonchev–Trinajstić information content (AvgIpc) is 2.72. The van der Waals surface area contributed by atoms with Crippen LogP contribution in [0.4, 0.5) is 10.1 Å². The first-order valence-corrected chi connectivity index (χ1v) is 9.07. The molecule has 0 fully saturated rings. The molecule has 2 amide bonds. The molecule has 0 aliphatic carbocycles. The van der Waals surface area contributed by atoms with Gasteiger partial charge < -0.3 is 14.8 Å². The Morgan fingerprint density at radius 1 is 1.14 bits per heavy atom. The molecular weight excluding hydrogens is 377 g/mol. The molecule has 0 unspecified atom stereocenters. The number of aryl methyl sites for hydroxylation is 1. The lowest BCUT2D eigenvalue weighted by atomic mass is 10.1. The summed E-state index contributed by atoms with van der Waals surface area (Å²) in [5, 5.41) is 8.28. The molecule has 0 bridgehead atoms. The van der Waals surface area contributed by atoms with Gasteiger partial charge in [0, 0.05) is 24.6 Å². The van der Waals surface area contributed by atoms with E-state index >= 15 is 0 Å². The number of rotatable bonds is 6. The number of ether oxygens (including phenoxy) is 2. The van der Waals surface area contributed by atoms with E-state index in [4.69, 9.17) is 9.47 Å². The van der Waals surface area contributed by atoms with Crippen molar-refractivity contribution in [3.63, 3.8) is 0 Å². The lowest BCUT2D eigenvalue weighted by Crippen LogP contribution is -2.36. The highest BCUT2D eigenvalue weighted by atomic mass is 19.1. The Bertz CT molecular complexity index is 957. The highest BCUT2D eigenvalue weighted by Gasteiger charge is 2.25. The third-order valence-corrected chi connectivity index (χ3v) is 4.59. The molecule has 2 aromatic rings. The lowest BCUT2D eigenvalue weighted by molar-refractivity contribution is -0.132. The zero-order valence-electron chi connectivity index (χ0n) is 16.5. The molecule has 152 valence electrons. The number of nitrogens with zero attached hydrogens (tertiary/aromatic N) is 2. The number of hydrogen-bond acceptors (Lipinski definition) is 5. The van der Waals surface area contributed by atoms with Crippen LogP contribution in [0.25, 0.3) is 0 Å². The van der Waals surface area contributed by atoms with Crippen molar-refractivity contribution < 1.29 is 23.5 Å². The quantitative estimate of drug-likeness (QED) is 0.809. The summed E-state index contributed by atoms with van der Waals surface area (Å²) in [5.41, 5.74) is 2.34. The fraction of sp³-hybridized carbons (Fsp3) is 0.286. The van der Waals surface area contributed by atoms with Crippen molar-refractivity contribution in [2.75, 3.05) is 19.5 Å². The van der Waals surface area contributed by atoms with Gasteiger partial charge in [-0.2, -0.15) is 5.10 Å². The van der Waals surface area contributed by atoms with Crippen LogP contribution in [0, 0.1) is 12.7 Å². The number of carbonyl (C=O) groups excluding carboxylic acids is 2. The predicted octanol–water partition coefficient (Wildman–Crippen LogP) is 3.27. The molecule has 1 heterocycles. The second-order valence-electron chi connectivity index (χ2n) is 6.60. The Morgan fingerprint density at radius 2 is 1.79 bits per heavy atom. The van der Waals surface area contributed by atoms with E-state index < -0.39 is 5.91 Å². The first kappa shape index (κ1) is 20.3. The monoisotopic (exact) mass is 399 g/mol. The standard InChI is InChI=1S/C21H22FN3O4/c1-13-10-18(28-2)19(29-3)11-17(13)23-21(27)16-8-9-20(26)25(24-16)12-14-4-6-15(22)7-5-14/h4-7,10-11H,8-9,12H2,1-3H3,(H,23,27). The number of halogens is 1. The fourth-order valence-corrected chi connectivity index (χ4v) is 2.96. The Balaban J connectivity index is 1.78. The second-order valence-corrected chi connectivity index (χ2v) is 6.60. The van der Waals surface area contributed by atoms with Gasteiger partial charge in [0.15, 0.2) is 11.5 Å². The fourth-order valence-electron chi connectivity index (χ4n) is 2.96. The van der Waals surface area contributed by atoms with Crippen molar-refractivity contribution in [2.45, 2.75) is 26.3 Å². The van der Waals surface area contributed by atoms with Crippen LogP contribution in [0.2, 0.25) is 0 Å². The third-order valence-electron chi connectivity index (χ3n) is 4.59. The van der Waals surface area contributed by atoms with Gasteiger partial charge in [0.1, 0.15) is 11.5 Å². The van der Waals surface area contributed by atoms with E-state index in [1.165, 1.54) is 24.3 Å². The summed E-state index contributed by atoms with van der Waals surface area (Å²) in [4.78, 5) is 24.9. The molecule has 0 atom stereocenters. The molecule has 2 aromatic carbocycles. The molecule has 1 aliphatic rings. The molecule has 29 heavy (non-hydrogen) atoms. The summed E-state index contributed by atoms with van der Waals surface area (Å²) in [5.74, 6) is 0.124. The van der Waals surface area contributed by atoms with Crippen LogP contribution in [0.3, 0.4) is 0 Å².